The molecule has 24 heavy (non-hydrogen) atoms. The van der Waals surface area contributed by atoms with Gasteiger partial charge in [-0.05, 0) is 30.3 Å². The van der Waals surface area contributed by atoms with E-state index in [0.717, 1.165) is 0 Å². The van der Waals surface area contributed by atoms with Crippen LogP contribution in [0.4, 0.5) is 0 Å². The second-order valence-electron chi connectivity index (χ2n) is 4.92. The third kappa shape index (κ3) is 3.67. The zero-order valence-electron chi connectivity index (χ0n) is 12.2. The topological polar surface area (TPSA) is 59.4 Å². The minimum absolute atomic E-state index is 0.199. The summed E-state index contributed by atoms with van der Waals surface area (Å²) >= 11 is 11.8. The summed E-state index contributed by atoms with van der Waals surface area (Å²) in [5.74, 6) is -0.111. The number of aromatic nitrogens is 1. The first-order chi connectivity index (χ1) is 11.5. The molecule has 0 unspecified atom stereocenters. The van der Waals surface area contributed by atoms with E-state index in [1.54, 1.807) is 54.6 Å². The molecular formula is C18H11Cl2NO3. The minimum atomic E-state index is -0.986. The molecule has 0 aliphatic rings. The van der Waals surface area contributed by atoms with Gasteiger partial charge in [0.1, 0.15) is 5.75 Å². The molecule has 0 aliphatic carbocycles. The summed E-state index contributed by atoms with van der Waals surface area (Å²) in [6.07, 6.45) is 0. The van der Waals surface area contributed by atoms with Crippen LogP contribution in [-0.2, 0) is 0 Å². The number of benzene rings is 2. The first-order valence-corrected chi connectivity index (χ1v) is 7.72. The van der Waals surface area contributed by atoms with Crippen LogP contribution >= 0.6 is 23.2 Å². The summed E-state index contributed by atoms with van der Waals surface area (Å²) in [5, 5.41) is 9.91. The number of hydrogen-bond donors (Lipinski definition) is 1. The minimum Gasteiger partial charge on any atom is -0.478 e. The van der Waals surface area contributed by atoms with Crippen LogP contribution in [0.1, 0.15) is 10.4 Å². The molecular weight excluding hydrogens is 349 g/mol. The van der Waals surface area contributed by atoms with E-state index in [1.807, 2.05) is 0 Å². The Morgan fingerprint density at radius 1 is 0.958 bits per heavy atom. The largest absolute Gasteiger partial charge is 0.478 e. The van der Waals surface area contributed by atoms with Crippen LogP contribution in [0.5, 0.6) is 11.6 Å². The van der Waals surface area contributed by atoms with Crippen LogP contribution in [0.2, 0.25) is 10.0 Å². The Labute approximate surface area is 148 Å². The molecule has 6 heteroatoms. The average molecular weight is 360 g/mol. The van der Waals surface area contributed by atoms with Crippen LogP contribution in [0.25, 0.3) is 11.3 Å². The molecule has 0 amide bonds. The van der Waals surface area contributed by atoms with Crippen molar-refractivity contribution >= 4 is 29.2 Å². The number of halogens is 2. The van der Waals surface area contributed by atoms with Crippen LogP contribution in [-0.4, -0.2) is 16.1 Å². The molecule has 0 saturated carbocycles. The normalized spacial score (nSPS) is 10.4. The van der Waals surface area contributed by atoms with Crippen molar-refractivity contribution < 1.29 is 14.6 Å². The van der Waals surface area contributed by atoms with Gasteiger partial charge in [-0.15, -0.1) is 0 Å². The van der Waals surface area contributed by atoms with Crippen LogP contribution in [0, 0.1) is 0 Å². The number of carboxylic acid groups (broad SMARTS) is 1. The molecule has 3 aromatic rings. The summed E-state index contributed by atoms with van der Waals surface area (Å²) in [6, 6.07) is 16.7. The molecule has 2 aromatic carbocycles. The highest BCUT2D eigenvalue weighted by molar-refractivity contribution is 6.42. The zero-order valence-corrected chi connectivity index (χ0v) is 13.8. The van der Waals surface area contributed by atoms with Crippen LogP contribution in [0.15, 0.2) is 60.7 Å². The maximum Gasteiger partial charge on any atom is 0.335 e. The molecule has 0 bridgehead atoms. The molecule has 120 valence electrons. The fourth-order valence-corrected chi connectivity index (χ4v) is 2.39. The maximum atomic E-state index is 11.1. The molecule has 0 fully saturated rings. The van der Waals surface area contributed by atoms with Crippen molar-refractivity contribution in [3.63, 3.8) is 0 Å². The second kappa shape index (κ2) is 6.91. The SMILES string of the molecule is O=C(O)c1cccc(-c2cccc(Oc3ccc(Cl)c(Cl)c3)n2)c1. The molecule has 0 spiro atoms. The third-order valence-corrected chi connectivity index (χ3v) is 3.98. The number of carbonyl (C=O) groups is 1. The molecule has 3 rings (SSSR count). The predicted molar refractivity (Wildman–Crippen MR) is 93.2 cm³/mol. The van der Waals surface area contributed by atoms with Gasteiger partial charge in [0.05, 0.1) is 21.3 Å². The van der Waals surface area contributed by atoms with Gasteiger partial charge in [-0.2, -0.15) is 0 Å². The summed E-state index contributed by atoms with van der Waals surface area (Å²) < 4.78 is 5.68. The summed E-state index contributed by atoms with van der Waals surface area (Å²) in [7, 11) is 0. The lowest BCUT2D eigenvalue weighted by Gasteiger charge is -2.08. The van der Waals surface area contributed by atoms with Crippen molar-refractivity contribution in [1.82, 2.24) is 4.98 Å². The van der Waals surface area contributed by atoms with Gasteiger partial charge in [-0.25, -0.2) is 9.78 Å². The molecule has 1 heterocycles. The molecule has 4 nitrogen and oxygen atoms in total. The van der Waals surface area contributed by atoms with Gasteiger partial charge in [0.25, 0.3) is 0 Å². The first-order valence-electron chi connectivity index (χ1n) is 6.96. The highest BCUT2D eigenvalue weighted by atomic mass is 35.5. The molecule has 0 saturated heterocycles. The van der Waals surface area contributed by atoms with Crippen molar-refractivity contribution in [2.75, 3.05) is 0 Å². The number of nitrogens with zero attached hydrogens (tertiary/aromatic N) is 1. The van der Waals surface area contributed by atoms with Gasteiger partial charge in [-0.3, -0.25) is 0 Å². The van der Waals surface area contributed by atoms with E-state index >= 15 is 0 Å². The number of aromatic carboxylic acids is 1. The Morgan fingerprint density at radius 3 is 2.50 bits per heavy atom. The van der Waals surface area contributed by atoms with E-state index in [1.165, 1.54) is 6.07 Å². The lowest BCUT2D eigenvalue weighted by molar-refractivity contribution is 0.0697. The van der Waals surface area contributed by atoms with Crippen molar-refractivity contribution in [3.8, 4) is 22.9 Å². The van der Waals surface area contributed by atoms with Gasteiger partial charge < -0.3 is 9.84 Å². The van der Waals surface area contributed by atoms with E-state index in [2.05, 4.69) is 4.98 Å². The number of hydrogen-bond acceptors (Lipinski definition) is 3. The molecule has 0 atom stereocenters. The van der Waals surface area contributed by atoms with E-state index < -0.39 is 5.97 Å². The van der Waals surface area contributed by atoms with Crippen molar-refractivity contribution in [1.29, 1.82) is 0 Å². The van der Waals surface area contributed by atoms with Crippen LogP contribution in [0.3, 0.4) is 0 Å². The molecule has 1 N–H and O–H groups in total. The highest BCUT2D eigenvalue weighted by Crippen LogP contribution is 2.29. The lowest BCUT2D eigenvalue weighted by Crippen LogP contribution is -1.96. The van der Waals surface area contributed by atoms with E-state index in [0.29, 0.717) is 32.9 Å². The summed E-state index contributed by atoms with van der Waals surface area (Å²) in [4.78, 5) is 15.5. The predicted octanol–water partition coefficient (Wildman–Crippen LogP) is 5.55. The Bertz CT molecular complexity index is 912. The highest BCUT2D eigenvalue weighted by Gasteiger charge is 2.08. The fraction of sp³-hybridized carbons (Fsp3) is 0. The Kier molecular flexibility index (Phi) is 4.69. The van der Waals surface area contributed by atoms with Gasteiger partial charge in [0.15, 0.2) is 0 Å². The second-order valence-corrected chi connectivity index (χ2v) is 5.74. The Hall–Kier alpha value is -2.56. The monoisotopic (exact) mass is 359 g/mol. The molecule has 0 aliphatic heterocycles. The smallest absolute Gasteiger partial charge is 0.335 e. The van der Waals surface area contributed by atoms with Gasteiger partial charge in [0, 0.05) is 17.7 Å². The van der Waals surface area contributed by atoms with Crippen LogP contribution < -0.4 is 4.74 Å². The van der Waals surface area contributed by atoms with Crippen molar-refractivity contribution in [2.24, 2.45) is 0 Å². The number of pyridine rings is 1. The standard InChI is InChI=1S/C18H11Cl2NO3/c19-14-8-7-13(10-15(14)20)24-17-6-2-5-16(21-17)11-3-1-4-12(9-11)18(22)23/h1-10H,(H,22,23). The van der Waals surface area contributed by atoms with Gasteiger partial charge in [0.2, 0.25) is 5.88 Å². The van der Waals surface area contributed by atoms with E-state index in [-0.39, 0.29) is 5.56 Å². The number of carboxylic acids is 1. The number of ether oxygens (including phenoxy) is 1. The van der Waals surface area contributed by atoms with E-state index in [9.17, 15) is 4.79 Å². The van der Waals surface area contributed by atoms with Crippen molar-refractivity contribution in [2.45, 2.75) is 0 Å². The Morgan fingerprint density at radius 2 is 1.75 bits per heavy atom. The summed E-state index contributed by atoms with van der Waals surface area (Å²) in [6.45, 7) is 0. The first kappa shape index (κ1) is 16.3. The fourth-order valence-electron chi connectivity index (χ4n) is 2.11. The summed E-state index contributed by atoms with van der Waals surface area (Å²) in [5.41, 5.74) is 1.50. The third-order valence-electron chi connectivity index (χ3n) is 3.24. The quantitative estimate of drug-likeness (QED) is 0.663. The van der Waals surface area contributed by atoms with E-state index in [4.69, 9.17) is 33.0 Å². The lowest BCUT2D eigenvalue weighted by atomic mass is 10.1. The average Bonchev–Trinajstić information content (AvgIpc) is 2.58. The number of rotatable bonds is 4. The van der Waals surface area contributed by atoms with Gasteiger partial charge >= 0.3 is 5.97 Å². The molecule has 1 aromatic heterocycles. The molecule has 0 radical (unpaired) electrons. The zero-order chi connectivity index (χ0) is 17.1. The van der Waals surface area contributed by atoms with Gasteiger partial charge in [-0.1, -0.05) is 41.4 Å². The maximum absolute atomic E-state index is 11.1. The Balaban J connectivity index is 1.90. The van der Waals surface area contributed by atoms with Crippen molar-refractivity contribution in [3.05, 3.63) is 76.3 Å².